The number of amides is 1. The quantitative estimate of drug-likeness (QED) is 0.771. The predicted molar refractivity (Wildman–Crippen MR) is 67.2 cm³/mol. The number of aryl methyl sites for hydroxylation is 1. The second-order valence-corrected chi connectivity index (χ2v) is 4.31. The Kier molecular flexibility index (Phi) is 3.58. The molecule has 1 amide bonds. The van der Waals surface area contributed by atoms with Crippen LogP contribution in [-0.4, -0.2) is 37.1 Å². The zero-order chi connectivity index (χ0) is 12.3. The van der Waals surface area contributed by atoms with Crippen molar-refractivity contribution < 1.29 is 4.79 Å². The summed E-state index contributed by atoms with van der Waals surface area (Å²) in [5.41, 5.74) is 6.67. The molecule has 3 N–H and O–H groups in total. The van der Waals surface area contributed by atoms with Gasteiger partial charge in [-0.15, -0.1) is 0 Å². The van der Waals surface area contributed by atoms with E-state index in [4.69, 9.17) is 5.73 Å². The van der Waals surface area contributed by atoms with Crippen LogP contribution in [0.3, 0.4) is 0 Å². The molecule has 2 rings (SSSR count). The Balaban J connectivity index is 2.27. The number of primary amides is 1. The van der Waals surface area contributed by atoms with Crippen molar-refractivity contribution in [2.24, 2.45) is 5.73 Å². The second kappa shape index (κ2) is 5.14. The van der Waals surface area contributed by atoms with Crippen molar-refractivity contribution in [2.45, 2.75) is 13.3 Å². The topological polar surface area (TPSA) is 71.2 Å². The lowest BCUT2D eigenvalue weighted by Gasteiger charge is -2.21. The SMILES string of the molecule is Cc1cc(C(N)=O)cc(N2CCCNCC2)n1. The zero-order valence-corrected chi connectivity index (χ0v) is 10.1. The fourth-order valence-corrected chi connectivity index (χ4v) is 2.03. The van der Waals surface area contributed by atoms with Gasteiger partial charge in [-0.05, 0) is 32.0 Å². The van der Waals surface area contributed by atoms with Crippen molar-refractivity contribution >= 4 is 11.7 Å². The second-order valence-electron chi connectivity index (χ2n) is 4.31. The van der Waals surface area contributed by atoms with Crippen LogP contribution in [0.5, 0.6) is 0 Å². The van der Waals surface area contributed by atoms with Gasteiger partial charge in [0.05, 0.1) is 0 Å². The fraction of sp³-hybridized carbons (Fsp3) is 0.500. The molecule has 1 aromatic heterocycles. The average Bonchev–Trinajstić information content (AvgIpc) is 2.56. The summed E-state index contributed by atoms with van der Waals surface area (Å²) in [6, 6.07) is 3.50. The van der Waals surface area contributed by atoms with Gasteiger partial charge in [0.15, 0.2) is 0 Å². The Labute approximate surface area is 101 Å². The predicted octanol–water partition coefficient (Wildman–Crippen LogP) is 0.289. The molecule has 1 saturated heterocycles. The molecule has 0 spiro atoms. The van der Waals surface area contributed by atoms with Gasteiger partial charge in [0.25, 0.3) is 0 Å². The molecule has 5 heteroatoms. The van der Waals surface area contributed by atoms with Gasteiger partial charge < -0.3 is 16.0 Å². The van der Waals surface area contributed by atoms with Gasteiger partial charge in [-0.3, -0.25) is 4.79 Å². The molecular weight excluding hydrogens is 216 g/mol. The number of hydrogen-bond acceptors (Lipinski definition) is 4. The highest BCUT2D eigenvalue weighted by Crippen LogP contribution is 2.15. The first kappa shape index (κ1) is 11.9. The van der Waals surface area contributed by atoms with Crippen molar-refractivity contribution in [1.82, 2.24) is 10.3 Å². The van der Waals surface area contributed by atoms with E-state index in [1.54, 1.807) is 12.1 Å². The molecule has 0 atom stereocenters. The molecule has 0 aromatic carbocycles. The molecule has 2 heterocycles. The van der Waals surface area contributed by atoms with Crippen LogP contribution in [0.1, 0.15) is 22.5 Å². The van der Waals surface area contributed by atoms with E-state index < -0.39 is 5.91 Å². The maximum Gasteiger partial charge on any atom is 0.248 e. The molecule has 5 nitrogen and oxygen atoms in total. The van der Waals surface area contributed by atoms with E-state index in [0.29, 0.717) is 5.56 Å². The van der Waals surface area contributed by atoms with E-state index in [1.807, 2.05) is 6.92 Å². The Morgan fingerprint density at radius 3 is 3.00 bits per heavy atom. The monoisotopic (exact) mass is 234 g/mol. The lowest BCUT2D eigenvalue weighted by atomic mass is 10.2. The number of nitrogens with two attached hydrogens (primary N) is 1. The zero-order valence-electron chi connectivity index (χ0n) is 10.1. The summed E-state index contributed by atoms with van der Waals surface area (Å²) in [6.45, 7) is 5.73. The van der Waals surface area contributed by atoms with Gasteiger partial charge >= 0.3 is 0 Å². The third-order valence-corrected chi connectivity index (χ3v) is 2.89. The molecule has 1 aromatic rings. The van der Waals surface area contributed by atoms with Crippen LogP contribution in [0, 0.1) is 6.92 Å². The van der Waals surface area contributed by atoms with Gasteiger partial charge in [0.2, 0.25) is 5.91 Å². The van der Waals surface area contributed by atoms with Crippen molar-refractivity contribution in [1.29, 1.82) is 0 Å². The minimum atomic E-state index is -0.398. The van der Waals surface area contributed by atoms with Gasteiger partial charge in [-0.2, -0.15) is 0 Å². The molecular formula is C12H18N4O. The van der Waals surface area contributed by atoms with Crippen LogP contribution in [0.25, 0.3) is 0 Å². The average molecular weight is 234 g/mol. The van der Waals surface area contributed by atoms with Crippen LogP contribution in [0.2, 0.25) is 0 Å². The molecule has 1 aliphatic heterocycles. The van der Waals surface area contributed by atoms with E-state index in [9.17, 15) is 4.79 Å². The maximum atomic E-state index is 11.2. The number of nitrogens with zero attached hydrogens (tertiary/aromatic N) is 2. The highest BCUT2D eigenvalue weighted by atomic mass is 16.1. The van der Waals surface area contributed by atoms with Crippen molar-refractivity contribution in [3.8, 4) is 0 Å². The largest absolute Gasteiger partial charge is 0.366 e. The maximum absolute atomic E-state index is 11.2. The number of anilines is 1. The molecule has 1 fully saturated rings. The van der Waals surface area contributed by atoms with Crippen LogP contribution in [0.4, 0.5) is 5.82 Å². The fourth-order valence-electron chi connectivity index (χ4n) is 2.03. The number of hydrogen-bond donors (Lipinski definition) is 2. The molecule has 0 radical (unpaired) electrons. The Hall–Kier alpha value is -1.62. The van der Waals surface area contributed by atoms with E-state index in [2.05, 4.69) is 15.2 Å². The lowest BCUT2D eigenvalue weighted by Crippen LogP contribution is -2.29. The molecule has 0 unspecified atom stereocenters. The number of nitrogens with one attached hydrogen (secondary N) is 1. The van der Waals surface area contributed by atoms with E-state index in [1.165, 1.54) is 0 Å². The summed E-state index contributed by atoms with van der Waals surface area (Å²) < 4.78 is 0. The first-order valence-electron chi connectivity index (χ1n) is 5.91. The summed E-state index contributed by atoms with van der Waals surface area (Å²) >= 11 is 0. The summed E-state index contributed by atoms with van der Waals surface area (Å²) in [5, 5.41) is 3.34. The summed E-state index contributed by atoms with van der Waals surface area (Å²) in [7, 11) is 0. The van der Waals surface area contributed by atoms with Crippen LogP contribution < -0.4 is 16.0 Å². The minimum Gasteiger partial charge on any atom is -0.366 e. The summed E-state index contributed by atoms with van der Waals surface area (Å²) in [5.74, 6) is 0.451. The molecule has 0 saturated carbocycles. The van der Waals surface area contributed by atoms with E-state index >= 15 is 0 Å². The minimum absolute atomic E-state index is 0.398. The number of carbonyl (C=O) groups is 1. The van der Waals surface area contributed by atoms with Crippen LogP contribution in [-0.2, 0) is 0 Å². The molecule has 17 heavy (non-hydrogen) atoms. The van der Waals surface area contributed by atoms with Gasteiger partial charge in [0.1, 0.15) is 5.82 Å². The smallest absolute Gasteiger partial charge is 0.248 e. The van der Waals surface area contributed by atoms with Crippen molar-refractivity contribution in [3.63, 3.8) is 0 Å². The van der Waals surface area contributed by atoms with Crippen molar-refractivity contribution in [2.75, 3.05) is 31.1 Å². The number of pyridine rings is 1. The normalized spacial score (nSPS) is 16.6. The van der Waals surface area contributed by atoms with Gasteiger partial charge in [-0.1, -0.05) is 0 Å². The Morgan fingerprint density at radius 2 is 2.24 bits per heavy atom. The molecule has 92 valence electrons. The van der Waals surface area contributed by atoms with Gasteiger partial charge in [0, 0.05) is 30.9 Å². The van der Waals surface area contributed by atoms with Crippen LogP contribution >= 0.6 is 0 Å². The summed E-state index contributed by atoms with van der Waals surface area (Å²) in [6.07, 6.45) is 1.08. The first-order valence-corrected chi connectivity index (χ1v) is 5.91. The first-order chi connectivity index (χ1) is 8.16. The van der Waals surface area contributed by atoms with Crippen molar-refractivity contribution in [3.05, 3.63) is 23.4 Å². The Morgan fingerprint density at radius 1 is 1.41 bits per heavy atom. The van der Waals surface area contributed by atoms with Gasteiger partial charge in [-0.25, -0.2) is 4.98 Å². The van der Waals surface area contributed by atoms with E-state index in [-0.39, 0.29) is 0 Å². The molecule has 0 bridgehead atoms. The third kappa shape index (κ3) is 2.94. The van der Waals surface area contributed by atoms with E-state index in [0.717, 1.165) is 44.1 Å². The third-order valence-electron chi connectivity index (χ3n) is 2.89. The molecule has 1 aliphatic rings. The van der Waals surface area contributed by atoms with Crippen LogP contribution in [0.15, 0.2) is 12.1 Å². The summed E-state index contributed by atoms with van der Waals surface area (Å²) in [4.78, 5) is 17.9. The standard InChI is InChI=1S/C12H18N4O/c1-9-7-10(12(13)17)8-11(15-9)16-5-2-3-14-4-6-16/h7-8,14H,2-6H2,1H3,(H2,13,17). The highest BCUT2D eigenvalue weighted by molar-refractivity contribution is 5.93. The number of aromatic nitrogens is 1. The Bertz CT molecular complexity index is 411. The number of rotatable bonds is 2. The number of carbonyl (C=O) groups excluding carboxylic acids is 1. The highest BCUT2D eigenvalue weighted by Gasteiger charge is 2.13. The lowest BCUT2D eigenvalue weighted by molar-refractivity contribution is 0.1000. The molecule has 0 aliphatic carbocycles.